The highest BCUT2D eigenvalue weighted by Crippen LogP contribution is 2.27. The van der Waals surface area contributed by atoms with Crippen LogP contribution in [0.1, 0.15) is 16.1 Å². The number of halogens is 2. The van der Waals surface area contributed by atoms with Gasteiger partial charge in [0.25, 0.3) is 5.91 Å². The van der Waals surface area contributed by atoms with E-state index in [1.807, 2.05) is 24.3 Å². The number of hydrogen-bond donors (Lipinski definition) is 1. The average molecular weight is 381 g/mol. The van der Waals surface area contributed by atoms with Gasteiger partial charge in [-0.15, -0.1) is 0 Å². The first-order valence-corrected chi connectivity index (χ1v) is 8.58. The highest BCUT2D eigenvalue weighted by molar-refractivity contribution is 6.33. The Morgan fingerprint density at radius 3 is 2.63 bits per heavy atom. The van der Waals surface area contributed by atoms with Gasteiger partial charge in [-0.1, -0.05) is 29.8 Å². The van der Waals surface area contributed by atoms with Crippen molar-refractivity contribution in [3.05, 3.63) is 82.9 Å². The number of fused-ring (bicyclic) bond motifs is 1. The largest absolute Gasteiger partial charge is 0.322 e. The molecule has 1 amide bonds. The second kappa shape index (κ2) is 6.81. The van der Waals surface area contributed by atoms with Crippen molar-refractivity contribution in [2.75, 3.05) is 5.32 Å². The van der Waals surface area contributed by atoms with Gasteiger partial charge >= 0.3 is 0 Å². The summed E-state index contributed by atoms with van der Waals surface area (Å²) in [7, 11) is 0. The molecule has 7 heteroatoms. The number of hydrogen-bond acceptors (Lipinski definition) is 3. The molecule has 2 aromatic heterocycles. The molecule has 2 heterocycles. The number of nitrogens with one attached hydrogen (secondary N) is 1. The second-order valence-corrected chi connectivity index (χ2v) is 6.40. The van der Waals surface area contributed by atoms with Gasteiger partial charge in [0.2, 0.25) is 0 Å². The van der Waals surface area contributed by atoms with Gasteiger partial charge in [-0.25, -0.2) is 13.9 Å². The number of carbonyl (C=O) groups excluding carboxylic acids is 1. The molecule has 0 fully saturated rings. The Labute approximate surface area is 159 Å². The lowest BCUT2D eigenvalue weighted by atomic mass is 10.1. The molecule has 0 atom stereocenters. The van der Waals surface area contributed by atoms with Crippen LogP contribution in [-0.4, -0.2) is 20.5 Å². The zero-order chi connectivity index (χ0) is 19.0. The van der Waals surface area contributed by atoms with Crippen molar-refractivity contribution in [1.29, 1.82) is 0 Å². The molecule has 4 aromatic rings. The third-order valence-corrected chi connectivity index (χ3v) is 4.55. The number of nitrogens with zero attached hydrogens (tertiary/aromatic N) is 3. The van der Waals surface area contributed by atoms with E-state index in [-0.39, 0.29) is 11.7 Å². The fraction of sp³-hybridized carbons (Fsp3) is 0.0500. The van der Waals surface area contributed by atoms with Crippen LogP contribution in [0.5, 0.6) is 0 Å². The fourth-order valence-corrected chi connectivity index (χ4v) is 3.04. The van der Waals surface area contributed by atoms with Gasteiger partial charge in [0.1, 0.15) is 5.82 Å². The maximum Gasteiger partial charge on any atom is 0.259 e. The first-order valence-electron chi connectivity index (χ1n) is 8.20. The van der Waals surface area contributed by atoms with Crippen molar-refractivity contribution in [2.24, 2.45) is 0 Å². The lowest BCUT2D eigenvalue weighted by molar-refractivity contribution is 0.102. The summed E-state index contributed by atoms with van der Waals surface area (Å²) in [5.74, 6) is -0.709. The summed E-state index contributed by atoms with van der Waals surface area (Å²) in [4.78, 5) is 16.9. The Kier molecular flexibility index (Phi) is 4.33. The zero-order valence-corrected chi connectivity index (χ0v) is 15.0. The minimum Gasteiger partial charge on any atom is -0.322 e. The summed E-state index contributed by atoms with van der Waals surface area (Å²) in [6.45, 7) is 1.79. The highest BCUT2D eigenvalue weighted by atomic mass is 35.5. The minimum atomic E-state index is -0.365. The van der Waals surface area contributed by atoms with E-state index in [0.717, 1.165) is 5.56 Å². The smallest absolute Gasteiger partial charge is 0.259 e. The van der Waals surface area contributed by atoms with Crippen LogP contribution in [0.25, 0.3) is 16.9 Å². The second-order valence-electron chi connectivity index (χ2n) is 6.00. The van der Waals surface area contributed by atoms with Crippen molar-refractivity contribution in [1.82, 2.24) is 14.6 Å². The maximum atomic E-state index is 13.0. The van der Waals surface area contributed by atoms with E-state index in [4.69, 9.17) is 11.6 Å². The van der Waals surface area contributed by atoms with E-state index >= 15 is 0 Å². The molecular formula is C20H14ClFN4O. The molecule has 0 unspecified atom stereocenters. The summed E-state index contributed by atoms with van der Waals surface area (Å²) in [5, 5.41) is 7.87. The molecule has 0 bridgehead atoms. The van der Waals surface area contributed by atoms with Gasteiger partial charge in [0, 0.05) is 23.5 Å². The number of rotatable bonds is 3. The number of amides is 1. The predicted octanol–water partition coefficient (Wildman–Crippen LogP) is 4.75. The topological polar surface area (TPSA) is 59.3 Å². The molecule has 4 rings (SSSR count). The van der Waals surface area contributed by atoms with Gasteiger partial charge < -0.3 is 5.32 Å². The minimum absolute atomic E-state index is 0.344. The first-order chi connectivity index (χ1) is 13.0. The van der Waals surface area contributed by atoms with Gasteiger partial charge in [0.15, 0.2) is 5.65 Å². The Morgan fingerprint density at radius 1 is 1.15 bits per heavy atom. The standard InChI is InChI=1S/C20H14ClFN4O/c1-12-16(20(27)24-14-8-6-13(22)7-9-14)11-23-19-10-18(25-26(12)19)15-4-2-3-5-17(15)21/h2-11H,1H3,(H,24,27). The molecule has 0 saturated carbocycles. The van der Waals surface area contributed by atoms with Gasteiger partial charge in [-0.05, 0) is 37.3 Å². The van der Waals surface area contributed by atoms with Gasteiger partial charge in [-0.3, -0.25) is 4.79 Å². The molecule has 0 saturated heterocycles. The van der Waals surface area contributed by atoms with E-state index in [1.165, 1.54) is 30.5 Å². The van der Waals surface area contributed by atoms with Gasteiger partial charge in [0.05, 0.1) is 22.0 Å². The summed E-state index contributed by atoms with van der Waals surface area (Å²) in [6.07, 6.45) is 1.50. The van der Waals surface area contributed by atoms with E-state index in [1.54, 1.807) is 17.5 Å². The quantitative estimate of drug-likeness (QED) is 0.558. The number of aryl methyl sites for hydroxylation is 1. The van der Waals surface area contributed by atoms with Crippen LogP contribution < -0.4 is 5.32 Å². The Balaban J connectivity index is 1.70. The lowest BCUT2D eigenvalue weighted by Gasteiger charge is -2.08. The fourth-order valence-electron chi connectivity index (χ4n) is 2.80. The Morgan fingerprint density at radius 2 is 1.89 bits per heavy atom. The van der Waals surface area contributed by atoms with Crippen LogP contribution in [-0.2, 0) is 0 Å². The molecule has 0 spiro atoms. The maximum absolute atomic E-state index is 13.0. The van der Waals surface area contributed by atoms with Crippen molar-refractivity contribution in [3.63, 3.8) is 0 Å². The molecule has 1 N–H and O–H groups in total. The molecule has 0 aliphatic carbocycles. The Bertz CT molecular complexity index is 1150. The van der Waals surface area contributed by atoms with Crippen LogP contribution in [0, 0.1) is 12.7 Å². The molecule has 134 valence electrons. The summed E-state index contributed by atoms with van der Waals surface area (Å²) >= 11 is 6.25. The van der Waals surface area contributed by atoms with Crippen LogP contribution in [0.4, 0.5) is 10.1 Å². The summed E-state index contributed by atoms with van der Waals surface area (Å²) in [5.41, 5.74) is 3.59. The molecule has 0 radical (unpaired) electrons. The van der Waals surface area contributed by atoms with Crippen molar-refractivity contribution >= 4 is 28.8 Å². The predicted molar refractivity (Wildman–Crippen MR) is 103 cm³/mol. The molecule has 27 heavy (non-hydrogen) atoms. The van der Waals surface area contributed by atoms with E-state index < -0.39 is 0 Å². The molecule has 0 aliphatic rings. The van der Waals surface area contributed by atoms with Crippen molar-refractivity contribution in [2.45, 2.75) is 6.92 Å². The number of carbonyl (C=O) groups is 1. The Hall–Kier alpha value is -3.25. The van der Waals surface area contributed by atoms with Crippen molar-refractivity contribution in [3.8, 4) is 11.3 Å². The third kappa shape index (κ3) is 3.27. The third-order valence-electron chi connectivity index (χ3n) is 4.22. The number of aromatic nitrogens is 3. The zero-order valence-electron chi connectivity index (χ0n) is 14.3. The van der Waals surface area contributed by atoms with Crippen molar-refractivity contribution < 1.29 is 9.18 Å². The molecular weight excluding hydrogens is 367 g/mol. The molecule has 2 aromatic carbocycles. The van der Waals surface area contributed by atoms with Crippen LogP contribution >= 0.6 is 11.6 Å². The van der Waals surface area contributed by atoms with Crippen LogP contribution in [0.2, 0.25) is 5.02 Å². The lowest BCUT2D eigenvalue weighted by Crippen LogP contribution is -2.16. The van der Waals surface area contributed by atoms with Gasteiger partial charge in [-0.2, -0.15) is 5.10 Å². The molecule has 5 nitrogen and oxygen atoms in total. The van der Waals surface area contributed by atoms with E-state index in [2.05, 4.69) is 15.4 Å². The normalized spacial score (nSPS) is 10.9. The SMILES string of the molecule is Cc1c(C(=O)Nc2ccc(F)cc2)cnc2cc(-c3ccccc3Cl)nn12. The van der Waals surface area contributed by atoms with Crippen LogP contribution in [0.3, 0.4) is 0 Å². The highest BCUT2D eigenvalue weighted by Gasteiger charge is 2.16. The number of benzene rings is 2. The average Bonchev–Trinajstić information content (AvgIpc) is 3.09. The number of anilines is 1. The first kappa shape index (κ1) is 17.2. The summed E-state index contributed by atoms with van der Waals surface area (Å²) in [6, 6.07) is 14.8. The molecule has 0 aliphatic heterocycles. The van der Waals surface area contributed by atoms with Crippen LogP contribution in [0.15, 0.2) is 60.8 Å². The van der Waals surface area contributed by atoms with E-state index in [9.17, 15) is 9.18 Å². The summed E-state index contributed by atoms with van der Waals surface area (Å²) < 4.78 is 14.6. The monoisotopic (exact) mass is 380 g/mol. The van der Waals surface area contributed by atoms with E-state index in [0.29, 0.717) is 33.3 Å².